The number of aromatic nitrogens is 5. The second-order valence-electron chi connectivity index (χ2n) is 15.4. The number of halogens is 1. The molecule has 0 spiro atoms. The summed E-state index contributed by atoms with van der Waals surface area (Å²) in [6.45, 7) is 10.5. The maximum atomic E-state index is 14.2. The molecular weight excluding hydrogens is 722 g/mol. The molecule has 4 heterocycles. The summed E-state index contributed by atoms with van der Waals surface area (Å²) in [5.74, 6) is 2.21. The summed E-state index contributed by atoms with van der Waals surface area (Å²) in [6.07, 6.45) is 5.14. The summed E-state index contributed by atoms with van der Waals surface area (Å²) in [4.78, 5) is 35.9. The van der Waals surface area contributed by atoms with Crippen molar-refractivity contribution in [2.24, 2.45) is 0 Å². The van der Waals surface area contributed by atoms with Crippen LogP contribution in [-0.2, 0) is 15.0 Å². The molecule has 2 amide bonds. The lowest BCUT2D eigenvalue weighted by Gasteiger charge is -2.33. The van der Waals surface area contributed by atoms with Gasteiger partial charge in [-0.25, -0.2) is 9.48 Å². The van der Waals surface area contributed by atoms with Crippen molar-refractivity contribution in [2.75, 3.05) is 43.8 Å². The minimum Gasteiger partial charge on any atom is -0.491 e. The summed E-state index contributed by atoms with van der Waals surface area (Å²) in [7, 11) is 3.92. The van der Waals surface area contributed by atoms with Gasteiger partial charge in [-0.1, -0.05) is 56.6 Å². The van der Waals surface area contributed by atoms with Crippen molar-refractivity contribution in [1.29, 1.82) is 0 Å². The fraction of sp³-hybridized carbons (Fsp3) is 0.425. The first kappa shape index (κ1) is 38.0. The fourth-order valence-corrected chi connectivity index (χ4v) is 7.32. The van der Waals surface area contributed by atoms with Crippen LogP contribution in [0.5, 0.6) is 11.5 Å². The number of urea groups is 1. The molecule has 14 nitrogen and oxygen atoms in total. The van der Waals surface area contributed by atoms with Gasteiger partial charge in [-0.3, -0.25) is 9.20 Å². The molecule has 1 N–H and O–H groups in total. The van der Waals surface area contributed by atoms with Crippen molar-refractivity contribution in [3.05, 3.63) is 88.7 Å². The number of likely N-dealkylation sites (N-methyl/N-ethyl adjacent to an activating group) is 1. The Bertz CT molecular complexity index is 2160. The second-order valence-corrected chi connectivity index (χ2v) is 15.8. The zero-order valence-electron chi connectivity index (χ0n) is 32.1. The minimum absolute atomic E-state index is 0.229. The Balaban J connectivity index is 1.14. The number of hydroxylamine groups is 1. The second kappa shape index (κ2) is 15.8. The Morgan fingerprint density at radius 2 is 1.84 bits per heavy atom. The van der Waals surface area contributed by atoms with Crippen LogP contribution in [0.4, 0.5) is 16.6 Å². The monoisotopic (exact) mass is 769 g/mol. The number of hydrogen-bond acceptors (Lipinski definition) is 10. The van der Waals surface area contributed by atoms with Crippen LogP contribution >= 0.6 is 11.6 Å². The molecule has 0 radical (unpaired) electrons. The Morgan fingerprint density at radius 1 is 1.04 bits per heavy atom. The fourth-order valence-electron chi connectivity index (χ4n) is 7.14. The first-order chi connectivity index (χ1) is 26.4. The van der Waals surface area contributed by atoms with Gasteiger partial charge >= 0.3 is 12.5 Å². The standard InChI is InChI=1S/C40H48ClN9O5/c1-26-10-9-19-47(26)38-44-43-36-18-14-28(24-48(36)38)55-33-17-16-32(29-11-7-8-12-30(29)33)42-39(52)50(54-25-51)37-23-35(40(2,3)4)45-49(37)27-13-15-31(41)34(22-27)53-21-20-46(5)6/h7-8,11-15,18,22-26,32-33H,9-10,16-17,19-21H2,1-6H3,(H,42,52)/t26-,32+,33-/m1/s1. The lowest BCUT2D eigenvalue weighted by Crippen LogP contribution is -2.43. The van der Waals surface area contributed by atoms with Crippen LogP contribution in [0.3, 0.4) is 0 Å². The highest BCUT2D eigenvalue weighted by Gasteiger charge is 2.34. The average molecular weight is 770 g/mol. The normalized spacial score (nSPS) is 18.3. The first-order valence-electron chi connectivity index (χ1n) is 18.7. The summed E-state index contributed by atoms with van der Waals surface area (Å²) in [5, 5.41) is 18.2. The highest BCUT2D eigenvalue weighted by Crippen LogP contribution is 2.40. The smallest absolute Gasteiger partial charge is 0.357 e. The molecule has 1 fully saturated rings. The minimum atomic E-state index is -0.633. The summed E-state index contributed by atoms with van der Waals surface area (Å²) >= 11 is 6.51. The lowest BCUT2D eigenvalue weighted by molar-refractivity contribution is -0.129. The molecule has 3 aromatic heterocycles. The van der Waals surface area contributed by atoms with Gasteiger partial charge in [0.15, 0.2) is 11.5 Å². The summed E-state index contributed by atoms with van der Waals surface area (Å²) in [6, 6.07) is 18.1. The van der Waals surface area contributed by atoms with Crippen LogP contribution in [0.2, 0.25) is 5.02 Å². The van der Waals surface area contributed by atoms with Crippen LogP contribution in [0.1, 0.15) is 82.3 Å². The Hall–Kier alpha value is -5.34. The van der Waals surface area contributed by atoms with Crippen molar-refractivity contribution in [3.63, 3.8) is 0 Å². The van der Waals surface area contributed by atoms with E-state index >= 15 is 0 Å². The van der Waals surface area contributed by atoms with Crippen molar-refractivity contribution in [1.82, 2.24) is 34.6 Å². The summed E-state index contributed by atoms with van der Waals surface area (Å²) in [5.41, 5.74) is 3.48. The van der Waals surface area contributed by atoms with E-state index in [4.69, 9.17) is 31.0 Å². The number of fused-ring (bicyclic) bond motifs is 2. The van der Waals surface area contributed by atoms with Gasteiger partial charge in [0, 0.05) is 36.7 Å². The van der Waals surface area contributed by atoms with E-state index < -0.39 is 17.5 Å². The van der Waals surface area contributed by atoms with E-state index in [0.717, 1.165) is 47.2 Å². The quantitative estimate of drug-likeness (QED) is 0.104. The molecule has 5 aromatic rings. The van der Waals surface area contributed by atoms with Crippen molar-refractivity contribution in [2.45, 2.75) is 77.0 Å². The van der Waals surface area contributed by atoms with Gasteiger partial charge in [0.25, 0.3) is 0 Å². The highest BCUT2D eigenvalue weighted by molar-refractivity contribution is 6.32. The highest BCUT2D eigenvalue weighted by atomic mass is 35.5. The molecule has 2 aliphatic rings. The van der Waals surface area contributed by atoms with Crippen LogP contribution in [-0.4, -0.2) is 81.6 Å². The molecule has 3 atom stereocenters. The van der Waals surface area contributed by atoms with Gasteiger partial charge in [0.05, 0.1) is 28.6 Å². The zero-order valence-corrected chi connectivity index (χ0v) is 32.9. The van der Waals surface area contributed by atoms with Gasteiger partial charge < -0.3 is 29.4 Å². The molecule has 2 aromatic carbocycles. The number of anilines is 2. The molecule has 290 valence electrons. The number of amides is 2. The number of hydrogen-bond donors (Lipinski definition) is 1. The maximum absolute atomic E-state index is 14.2. The number of nitrogens with zero attached hydrogens (tertiary/aromatic N) is 8. The summed E-state index contributed by atoms with van der Waals surface area (Å²) < 4.78 is 16.2. The number of nitrogens with one attached hydrogen (secondary N) is 1. The largest absolute Gasteiger partial charge is 0.491 e. The van der Waals surface area contributed by atoms with Gasteiger partial charge in [-0.15, -0.1) is 15.3 Å². The molecule has 15 heteroatoms. The Kier molecular flexibility index (Phi) is 10.9. The van der Waals surface area contributed by atoms with E-state index in [2.05, 4.69) is 27.3 Å². The topological polar surface area (TPSA) is 132 Å². The Morgan fingerprint density at radius 3 is 2.56 bits per heavy atom. The van der Waals surface area contributed by atoms with E-state index in [-0.39, 0.29) is 18.4 Å². The molecule has 0 saturated carbocycles. The molecule has 0 unspecified atom stereocenters. The van der Waals surface area contributed by atoms with Gasteiger partial charge in [-0.05, 0) is 82.1 Å². The Labute approximate surface area is 325 Å². The van der Waals surface area contributed by atoms with E-state index in [1.54, 1.807) is 28.9 Å². The SMILES string of the molecule is C[C@@H]1CCCN1c1nnc2ccc(O[C@@H]3CC[C@H](NC(=O)N(OC=O)c4cc(C(C)(C)C)nn4-c4ccc(Cl)c(OCCN(C)C)c4)c4ccccc43)cn12. The molecule has 55 heavy (non-hydrogen) atoms. The number of benzene rings is 2. The van der Waals surface area contributed by atoms with Crippen LogP contribution in [0, 0.1) is 0 Å². The third-order valence-corrected chi connectivity index (χ3v) is 10.4. The number of ether oxygens (including phenoxy) is 2. The lowest BCUT2D eigenvalue weighted by atomic mass is 9.85. The predicted molar refractivity (Wildman–Crippen MR) is 210 cm³/mol. The third kappa shape index (κ3) is 8.06. The van der Waals surface area contributed by atoms with Crippen LogP contribution < -0.4 is 24.8 Å². The van der Waals surface area contributed by atoms with Gasteiger partial charge in [-0.2, -0.15) is 5.10 Å². The number of pyridine rings is 1. The molecule has 1 aliphatic heterocycles. The molecule has 1 aliphatic carbocycles. The van der Waals surface area contributed by atoms with E-state index in [9.17, 15) is 9.59 Å². The number of carbonyl (C=O) groups is 2. The maximum Gasteiger partial charge on any atom is 0.357 e. The van der Waals surface area contributed by atoms with Gasteiger partial charge in [0.1, 0.15) is 24.2 Å². The first-order valence-corrected chi connectivity index (χ1v) is 19.0. The average Bonchev–Trinajstić information content (AvgIpc) is 3.90. The van der Waals surface area contributed by atoms with Gasteiger partial charge in [0.2, 0.25) is 5.95 Å². The molecule has 7 rings (SSSR count). The number of carbonyl (C=O) groups excluding carboxylic acids is 2. The van der Waals surface area contributed by atoms with E-state index in [1.807, 2.05) is 86.8 Å². The molecule has 1 saturated heterocycles. The molecular formula is C40H48ClN9O5. The van der Waals surface area contributed by atoms with Crippen molar-refractivity contribution < 1.29 is 23.9 Å². The zero-order chi connectivity index (χ0) is 38.9. The number of rotatable bonds is 12. The van der Waals surface area contributed by atoms with E-state index in [0.29, 0.717) is 59.9 Å². The van der Waals surface area contributed by atoms with Crippen molar-refractivity contribution >= 4 is 41.5 Å². The van der Waals surface area contributed by atoms with Crippen LogP contribution in [0.25, 0.3) is 11.3 Å². The van der Waals surface area contributed by atoms with Crippen molar-refractivity contribution in [3.8, 4) is 17.2 Å². The predicted octanol–water partition coefficient (Wildman–Crippen LogP) is 7.05. The third-order valence-electron chi connectivity index (χ3n) is 10.1. The molecule has 0 bridgehead atoms. The van der Waals surface area contributed by atoms with E-state index in [1.165, 1.54) is 0 Å². The van der Waals surface area contributed by atoms with Crippen LogP contribution in [0.15, 0.2) is 66.9 Å².